The van der Waals surface area contributed by atoms with Crippen LogP contribution >= 0.6 is 0 Å². The molecule has 0 saturated carbocycles. The Morgan fingerprint density at radius 1 is 1.37 bits per heavy atom. The van der Waals surface area contributed by atoms with Gasteiger partial charge in [-0.25, -0.2) is 4.39 Å². The van der Waals surface area contributed by atoms with Gasteiger partial charge in [0.1, 0.15) is 11.6 Å². The van der Waals surface area contributed by atoms with Crippen LogP contribution in [0.4, 0.5) is 4.39 Å². The fourth-order valence-electron chi connectivity index (χ4n) is 2.52. The first-order chi connectivity index (χ1) is 9.09. The van der Waals surface area contributed by atoms with Crippen molar-refractivity contribution in [3.63, 3.8) is 0 Å². The van der Waals surface area contributed by atoms with E-state index in [2.05, 4.69) is 0 Å². The van der Waals surface area contributed by atoms with Crippen LogP contribution in [0.3, 0.4) is 0 Å². The zero-order valence-corrected chi connectivity index (χ0v) is 10.3. The van der Waals surface area contributed by atoms with E-state index in [9.17, 15) is 14.0 Å². The van der Waals surface area contributed by atoms with E-state index in [0.717, 1.165) is 0 Å². The highest BCUT2D eigenvalue weighted by Gasteiger charge is 2.38. The van der Waals surface area contributed by atoms with Gasteiger partial charge < -0.3 is 4.42 Å². The van der Waals surface area contributed by atoms with Crippen molar-refractivity contribution in [2.45, 2.75) is 13.3 Å². The molecule has 3 nitrogen and oxygen atoms in total. The molecule has 0 radical (unpaired) electrons. The van der Waals surface area contributed by atoms with Crippen molar-refractivity contribution in [2.24, 2.45) is 5.92 Å². The lowest BCUT2D eigenvalue weighted by Gasteiger charge is -2.05. The molecule has 1 aromatic carbocycles. The first-order valence-corrected chi connectivity index (χ1v) is 5.99. The average molecular weight is 258 g/mol. The number of halogens is 1. The van der Waals surface area contributed by atoms with Gasteiger partial charge in [0.25, 0.3) is 0 Å². The van der Waals surface area contributed by atoms with Gasteiger partial charge in [-0.1, -0.05) is 12.1 Å². The van der Waals surface area contributed by atoms with Crippen molar-refractivity contribution in [3.8, 4) is 0 Å². The number of hydrogen-bond donors (Lipinski definition) is 0. The molecule has 0 saturated heterocycles. The second-order valence-electron chi connectivity index (χ2n) is 4.64. The van der Waals surface area contributed by atoms with E-state index in [0.29, 0.717) is 22.5 Å². The number of fused-ring (bicyclic) bond motifs is 1. The van der Waals surface area contributed by atoms with E-state index in [1.165, 1.54) is 18.4 Å². The average Bonchev–Trinajstić information content (AvgIpc) is 2.95. The highest BCUT2D eigenvalue weighted by Crippen LogP contribution is 2.31. The van der Waals surface area contributed by atoms with Crippen molar-refractivity contribution >= 4 is 11.6 Å². The van der Waals surface area contributed by atoms with Crippen LogP contribution in [-0.2, 0) is 6.42 Å². The maximum Gasteiger partial charge on any atom is 0.177 e. The molecule has 0 N–H and O–H groups in total. The summed E-state index contributed by atoms with van der Waals surface area (Å²) in [6.45, 7) is 1.67. The van der Waals surface area contributed by atoms with E-state index < -0.39 is 11.7 Å². The van der Waals surface area contributed by atoms with Gasteiger partial charge in [-0.05, 0) is 31.0 Å². The Morgan fingerprint density at radius 2 is 2.16 bits per heavy atom. The van der Waals surface area contributed by atoms with Crippen LogP contribution in [-0.4, -0.2) is 11.6 Å². The lowest BCUT2D eigenvalue weighted by Crippen LogP contribution is -2.21. The number of benzene rings is 1. The molecule has 0 fully saturated rings. The minimum atomic E-state index is -0.830. The number of carbonyl (C=O) groups is 2. The number of hydrogen-bond acceptors (Lipinski definition) is 3. The normalized spacial score (nSPS) is 17.6. The molecule has 0 amide bonds. The molecule has 1 aromatic heterocycles. The van der Waals surface area contributed by atoms with Crippen LogP contribution < -0.4 is 0 Å². The number of furan rings is 1. The zero-order valence-electron chi connectivity index (χ0n) is 10.3. The number of Topliss-reactive ketones (excluding diaryl/α,β-unsaturated/α-hetero) is 2. The summed E-state index contributed by atoms with van der Waals surface area (Å²) in [6, 6.07) is 5.91. The van der Waals surface area contributed by atoms with Gasteiger partial charge in [0.05, 0.1) is 17.7 Å². The zero-order chi connectivity index (χ0) is 13.6. The summed E-state index contributed by atoms with van der Waals surface area (Å²) >= 11 is 0. The van der Waals surface area contributed by atoms with Crippen molar-refractivity contribution < 1.29 is 18.4 Å². The second kappa shape index (κ2) is 4.16. The monoisotopic (exact) mass is 258 g/mol. The van der Waals surface area contributed by atoms with E-state index in [-0.39, 0.29) is 18.0 Å². The third kappa shape index (κ3) is 1.71. The van der Waals surface area contributed by atoms with Gasteiger partial charge in [-0.2, -0.15) is 0 Å². The van der Waals surface area contributed by atoms with Crippen LogP contribution in [0.25, 0.3) is 0 Å². The van der Waals surface area contributed by atoms with Crippen molar-refractivity contribution in [1.29, 1.82) is 0 Å². The predicted octanol–water partition coefficient (Wildman–Crippen LogP) is 2.97. The molecule has 0 spiro atoms. The summed E-state index contributed by atoms with van der Waals surface area (Å²) < 4.78 is 18.7. The van der Waals surface area contributed by atoms with Crippen LogP contribution in [0.15, 0.2) is 34.9 Å². The van der Waals surface area contributed by atoms with E-state index in [4.69, 9.17) is 4.42 Å². The molecule has 3 rings (SSSR count). The number of aryl methyl sites for hydroxylation is 1. The summed E-state index contributed by atoms with van der Waals surface area (Å²) in [7, 11) is 0. The van der Waals surface area contributed by atoms with Gasteiger partial charge in [-0.15, -0.1) is 0 Å². The Bertz CT molecular complexity index is 684. The summed E-state index contributed by atoms with van der Waals surface area (Å²) in [4.78, 5) is 24.5. The number of ketones is 2. The Balaban J connectivity index is 1.99. The molecular formula is C15H11FO3. The first-order valence-electron chi connectivity index (χ1n) is 5.99. The number of carbonyl (C=O) groups excluding carboxylic acids is 2. The molecule has 19 heavy (non-hydrogen) atoms. The smallest absolute Gasteiger partial charge is 0.177 e. The Labute approximate surface area is 109 Å². The Morgan fingerprint density at radius 3 is 2.79 bits per heavy atom. The summed E-state index contributed by atoms with van der Waals surface area (Å²) in [6.07, 6.45) is 1.54. The molecule has 4 heteroatoms. The van der Waals surface area contributed by atoms with Crippen LogP contribution in [0.1, 0.15) is 32.0 Å². The molecule has 1 atom stereocenters. The van der Waals surface area contributed by atoms with Gasteiger partial charge in [0.15, 0.2) is 11.6 Å². The minimum Gasteiger partial charge on any atom is -0.469 e. The van der Waals surface area contributed by atoms with Crippen molar-refractivity contribution in [3.05, 3.63) is 58.8 Å². The third-order valence-corrected chi connectivity index (χ3v) is 3.55. The van der Waals surface area contributed by atoms with Gasteiger partial charge in [-0.3, -0.25) is 9.59 Å². The predicted molar refractivity (Wildman–Crippen MR) is 65.7 cm³/mol. The van der Waals surface area contributed by atoms with E-state index in [1.807, 2.05) is 0 Å². The van der Waals surface area contributed by atoms with E-state index >= 15 is 0 Å². The molecule has 96 valence electrons. The lowest BCUT2D eigenvalue weighted by molar-refractivity contribution is 0.0821. The van der Waals surface area contributed by atoms with Gasteiger partial charge >= 0.3 is 0 Å². The molecule has 1 aliphatic rings. The summed E-state index contributed by atoms with van der Waals surface area (Å²) in [5.41, 5.74) is 1.05. The molecular weight excluding hydrogens is 247 g/mol. The molecule has 1 heterocycles. The van der Waals surface area contributed by atoms with Crippen molar-refractivity contribution in [2.75, 3.05) is 0 Å². The quantitative estimate of drug-likeness (QED) is 0.614. The lowest BCUT2D eigenvalue weighted by atomic mass is 9.94. The Kier molecular flexibility index (Phi) is 2.59. The van der Waals surface area contributed by atoms with Crippen molar-refractivity contribution in [1.82, 2.24) is 0 Å². The van der Waals surface area contributed by atoms with Crippen LogP contribution in [0.5, 0.6) is 0 Å². The SMILES string of the molecule is Cc1occc1C(=O)C1Cc2c(F)cccc2C1=O. The largest absolute Gasteiger partial charge is 0.469 e. The topological polar surface area (TPSA) is 47.3 Å². The molecule has 0 bridgehead atoms. The molecule has 2 aromatic rings. The molecule has 1 unspecified atom stereocenters. The van der Waals surface area contributed by atoms with E-state index in [1.54, 1.807) is 19.1 Å². The molecule has 1 aliphatic carbocycles. The van der Waals surface area contributed by atoms with Crippen LogP contribution in [0.2, 0.25) is 0 Å². The second-order valence-corrected chi connectivity index (χ2v) is 4.64. The standard InChI is InChI=1S/C15H11FO3/c1-8-9(5-6-19-8)14(17)12-7-11-10(15(12)18)3-2-4-13(11)16/h2-6,12H,7H2,1H3. The fourth-order valence-corrected chi connectivity index (χ4v) is 2.52. The van der Waals surface area contributed by atoms with Gasteiger partial charge in [0.2, 0.25) is 0 Å². The third-order valence-electron chi connectivity index (χ3n) is 3.55. The summed E-state index contributed by atoms with van der Waals surface area (Å²) in [5.74, 6) is -1.38. The Hall–Kier alpha value is -2.23. The number of rotatable bonds is 2. The summed E-state index contributed by atoms with van der Waals surface area (Å²) in [5, 5.41) is 0. The minimum absolute atomic E-state index is 0.129. The maximum atomic E-state index is 13.6. The maximum absolute atomic E-state index is 13.6. The fraction of sp³-hybridized carbons (Fsp3) is 0.200. The highest BCUT2D eigenvalue weighted by molar-refractivity contribution is 6.18. The molecule has 0 aliphatic heterocycles. The van der Waals surface area contributed by atoms with Gasteiger partial charge in [0, 0.05) is 5.56 Å². The highest BCUT2D eigenvalue weighted by atomic mass is 19.1. The van der Waals surface area contributed by atoms with Crippen LogP contribution in [0, 0.1) is 18.7 Å². The first kappa shape index (κ1) is 11.8.